The van der Waals surface area contributed by atoms with Gasteiger partial charge in [0.05, 0.1) is 0 Å². The molecule has 0 aromatic rings. The minimum absolute atomic E-state index is 0.388. The average Bonchev–Trinajstić information content (AvgIpc) is 1.98. The quantitative estimate of drug-likeness (QED) is 0.540. The van der Waals surface area contributed by atoms with E-state index < -0.39 is 11.9 Å². The summed E-state index contributed by atoms with van der Waals surface area (Å²) in [4.78, 5) is 31.7. The first-order valence-corrected chi connectivity index (χ1v) is 2.96. The Bertz CT molecular complexity index is 168. The first kappa shape index (κ1) is 9.67. The molecule has 0 bridgehead atoms. The standard InChI is InChI=1S/C5H9N3O3/c1-8(2)5(9)4(7-11)3-6-10/h4H,3H2,1-2H3. The zero-order chi connectivity index (χ0) is 8.85. The Kier molecular flexibility index (Phi) is 3.94. The van der Waals surface area contributed by atoms with Gasteiger partial charge in [-0.3, -0.25) is 4.79 Å². The number of hydrogen-bond acceptors (Lipinski definition) is 5. The third-order valence-electron chi connectivity index (χ3n) is 1.10. The Labute approximate surface area is 63.5 Å². The minimum Gasteiger partial charge on any atom is -0.347 e. The molecule has 0 rings (SSSR count). The van der Waals surface area contributed by atoms with Crippen molar-refractivity contribution >= 4 is 5.91 Å². The van der Waals surface area contributed by atoms with Crippen molar-refractivity contribution < 1.29 is 4.79 Å². The number of carbonyl (C=O) groups is 1. The third kappa shape index (κ3) is 2.83. The lowest BCUT2D eigenvalue weighted by atomic mass is 10.3. The van der Waals surface area contributed by atoms with E-state index in [9.17, 15) is 14.6 Å². The first-order valence-electron chi connectivity index (χ1n) is 2.96. The van der Waals surface area contributed by atoms with E-state index in [1.807, 2.05) is 0 Å². The summed E-state index contributed by atoms with van der Waals surface area (Å²) in [6, 6.07) is -1.16. The second-order valence-electron chi connectivity index (χ2n) is 2.17. The monoisotopic (exact) mass is 159 g/mol. The molecule has 0 aromatic carbocycles. The Hall–Kier alpha value is -1.33. The zero-order valence-electron chi connectivity index (χ0n) is 6.35. The highest BCUT2D eigenvalue weighted by atomic mass is 16.3. The second-order valence-corrected chi connectivity index (χ2v) is 2.17. The number of rotatable bonds is 4. The van der Waals surface area contributed by atoms with E-state index in [4.69, 9.17) is 0 Å². The van der Waals surface area contributed by atoms with E-state index >= 15 is 0 Å². The summed E-state index contributed by atoms with van der Waals surface area (Å²) in [5.74, 6) is -0.500. The van der Waals surface area contributed by atoms with E-state index in [1.54, 1.807) is 0 Å². The Morgan fingerprint density at radius 1 is 1.45 bits per heavy atom. The number of carbonyl (C=O) groups excluding carboxylic acids is 1. The molecule has 6 nitrogen and oxygen atoms in total. The van der Waals surface area contributed by atoms with Gasteiger partial charge in [0, 0.05) is 14.1 Å². The molecule has 0 N–H and O–H groups in total. The highest BCUT2D eigenvalue weighted by molar-refractivity contribution is 5.81. The maximum absolute atomic E-state index is 10.9. The van der Waals surface area contributed by atoms with Gasteiger partial charge in [-0.25, -0.2) is 0 Å². The van der Waals surface area contributed by atoms with Crippen molar-refractivity contribution in [3.8, 4) is 0 Å². The fraction of sp³-hybridized carbons (Fsp3) is 0.800. The maximum Gasteiger partial charge on any atom is 0.252 e. The van der Waals surface area contributed by atoms with E-state index in [1.165, 1.54) is 19.0 Å². The lowest BCUT2D eigenvalue weighted by Gasteiger charge is -2.11. The van der Waals surface area contributed by atoms with Crippen LogP contribution < -0.4 is 0 Å². The summed E-state index contributed by atoms with van der Waals surface area (Å²) in [5, 5.41) is 4.88. The Morgan fingerprint density at radius 3 is 2.27 bits per heavy atom. The minimum atomic E-state index is -1.16. The van der Waals surface area contributed by atoms with Crippen molar-refractivity contribution in [3.63, 3.8) is 0 Å². The molecule has 0 heterocycles. The molecule has 0 aliphatic rings. The van der Waals surface area contributed by atoms with Crippen LogP contribution in [0.2, 0.25) is 0 Å². The predicted molar refractivity (Wildman–Crippen MR) is 38.9 cm³/mol. The fourth-order valence-electron chi connectivity index (χ4n) is 0.525. The molecule has 6 heteroatoms. The van der Waals surface area contributed by atoms with Gasteiger partial charge in [0.1, 0.15) is 6.54 Å². The molecule has 0 radical (unpaired) electrons. The molecule has 11 heavy (non-hydrogen) atoms. The molecular weight excluding hydrogens is 150 g/mol. The molecular formula is C5H9N3O3. The van der Waals surface area contributed by atoms with Crippen molar-refractivity contribution in [3.05, 3.63) is 9.81 Å². The number of nitrogens with zero attached hydrogens (tertiary/aromatic N) is 3. The van der Waals surface area contributed by atoms with Crippen molar-refractivity contribution in [2.75, 3.05) is 20.6 Å². The van der Waals surface area contributed by atoms with Gasteiger partial charge in [-0.05, 0) is 0 Å². The topological polar surface area (TPSA) is 79.2 Å². The molecule has 0 spiro atoms. The number of nitroso groups, excluding NO2 is 2. The summed E-state index contributed by atoms with van der Waals surface area (Å²) >= 11 is 0. The summed E-state index contributed by atoms with van der Waals surface area (Å²) in [6.07, 6.45) is 0. The molecule has 1 amide bonds. The molecule has 1 unspecified atom stereocenters. The third-order valence-corrected chi connectivity index (χ3v) is 1.10. The molecule has 0 saturated heterocycles. The summed E-state index contributed by atoms with van der Waals surface area (Å²) in [7, 11) is 2.95. The van der Waals surface area contributed by atoms with Crippen molar-refractivity contribution in [1.82, 2.24) is 4.90 Å². The molecule has 1 atom stereocenters. The van der Waals surface area contributed by atoms with Gasteiger partial charge < -0.3 is 4.90 Å². The van der Waals surface area contributed by atoms with Gasteiger partial charge in [0.25, 0.3) is 5.91 Å². The van der Waals surface area contributed by atoms with Crippen LogP contribution in [0.3, 0.4) is 0 Å². The van der Waals surface area contributed by atoms with Crippen LogP contribution in [-0.4, -0.2) is 37.5 Å². The van der Waals surface area contributed by atoms with Crippen LogP contribution in [0.5, 0.6) is 0 Å². The van der Waals surface area contributed by atoms with Crippen LogP contribution in [0.15, 0.2) is 10.4 Å². The normalized spacial score (nSPS) is 11.8. The van der Waals surface area contributed by atoms with Gasteiger partial charge in [-0.1, -0.05) is 10.4 Å². The smallest absolute Gasteiger partial charge is 0.252 e. The molecule has 0 fully saturated rings. The lowest BCUT2D eigenvalue weighted by molar-refractivity contribution is -0.129. The number of likely N-dealkylation sites (N-methyl/N-ethyl adjacent to an activating group) is 1. The zero-order valence-corrected chi connectivity index (χ0v) is 6.35. The molecule has 0 aromatic heterocycles. The number of hydrogen-bond donors (Lipinski definition) is 0. The summed E-state index contributed by atoms with van der Waals surface area (Å²) in [5.41, 5.74) is 0. The highest BCUT2D eigenvalue weighted by Gasteiger charge is 2.20. The lowest BCUT2D eigenvalue weighted by Crippen LogP contribution is -2.33. The van der Waals surface area contributed by atoms with E-state index in [0.29, 0.717) is 0 Å². The van der Waals surface area contributed by atoms with E-state index in [0.717, 1.165) is 0 Å². The number of amides is 1. The van der Waals surface area contributed by atoms with Crippen LogP contribution >= 0.6 is 0 Å². The van der Waals surface area contributed by atoms with Gasteiger partial charge in [0.2, 0.25) is 0 Å². The van der Waals surface area contributed by atoms with Gasteiger partial charge in [0.15, 0.2) is 6.04 Å². The first-order chi connectivity index (χ1) is 5.13. The van der Waals surface area contributed by atoms with E-state index in [2.05, 4.69) is 10.4 Å². The highest BCUT2D eigenvalue weighted by Crippen LogP contribution is 1.95. The van der Waals surface area contributed by atoms with Crippen LogP contribution in [0.1, 0.15) is 0 Å². The van der Waals surface area contributed by atoms with Crippen LogP contribution in [0.25, 0.3) is 0 Å². The predicted octanol–water partition coefficient (Wildman–Crippen LogP) is -0.0240. The van der Waals surface area contributed by atoms with Gasteiger partial charge >= 0.3 is 0 Å². The Morgan fingerprint density at radius 2 is 2.00 bits per heavy atom. The van der Waals surface area contributed by atoms with Gasteiger partial charge in [-0.2, -0.15) is 4.91 Å². The van der Waals surface area contributed by atoms with Crippen molar-refractivity contribution in [1.29, 1.82) is 0 Å². The van der Waals surface area contributed by atoms with Crippen LogP contribution in [0.4, 0.5) is 0 Å². The van der Waals surface area contributed by atoms with Crippen LogP contribution in [-0.2, 0) is 4.79 Å². The largest absolute Gasteiger partial charge is 0.347 e. The second kappa shape index (κ2) is 4.48. The molecule has 0 saturated carbocycles. The fourth-order valence-corrected chi connectivity index (χ4v) is 0.525. The Balaban J connectivity index is 4.13. The SMILES string of the molecule is CN(C)C(=O)C(CN=O)N=O. The summed E-state index contributed by atoms with van der Waals surface area (Å²) < 4.78 is 0. The average molecular weight is 159 g/mol. The van der Waals surface area contributed by atoms with Gasteiger partial charge in [-0.15, -0.1) is 4.91 Å². The summed E-state index contributed by atoms with van der Waals surface area (Å²) in [6.45, 7) is -0.388. The molecule has 62 valence electrons. The molecule has 0 aliphatic carbocycles. The maximum atomic E-state index is 10.9. The van der Waals surface area contributed by atoms with Crippen molar-refractivity contribution in [2.24, 2.45) is 10.4 Å². The van der Waals surface area contributed by atoms with E-state index in [-0.39, 0.29) is 6.54 Å². The van der Waals surface area contributed by atoms with Crippen molar-refractivity contribution in [2.45, 2.75) is 6.04 Å². The van der Waals surface area contributed by atoms with Crippen LogP contribution in [0, 0.1) is 9.81 Å². The molecule has 0 aliphatic heterocycles.